The van der Waals surface area contributed by atoms with E-state index < -0.39 is 17.6 Å². The number of nitrogens with zero attached hydrogens (tertiary/aromatic N) is 2. The molecule has 0 atom stereocenters. The van der Waals surface area contributed by atoms with Crippen LogP contribution in [0, 0.1) is 18.6 Å². The first kappa shape index (κ1) is 18.2. The van der Waals surface area contributed by atoms with E-state index >= 15 is 0 Å². The number of hydrogen-bond acceptors (Lipinski definition) is 6. The summed E-state index contributed by atoms with van der Waals surface area (Å²) in [6.45, 7) is 1.76. The van der Waals surface area contributed by atoms with E-state index in [0.717, 1.165) is 12.1 Å². The molecule has 8 heteroatoms. The number of methoxy groups -OCH3 is 1. The lowest BCUT2D eigenvalue weighted by Gasteiger charge is -2.11. The first-order valence-corrected chi connectivity index (χ1v) is 7.98. The molecule has 2 aromatic carbocycles. The van der Waals surface area contributed by atoms with Gasteiger partial charge in [0, 0.05) is 23.5 Å². The summed E-state index contributed by atoms with van der Waals surface area (Å²) in [4.78, 5) is 20.0. The molecule has 0 amide bonds. The fourth-order valence-electron chi connectivity index (χ4n) is 2.35. The van der Waals surface area contributed by atoms with E-state index in [1.54, 1.807) is 37.3 Å². The molecule has 1 heterocycles. The monoisotopic (exact) mass is 370 g/mol. The Morgan fingerprint density at radius 3 is 2.41 bits per heavy atom. The molecule has 0 spiro atoms. The fraction of sp³-hybridized carbons (Fsp3) is 0.105. The number of ether oxygens (including phenoxy) is 1. The van der Waals surface area contributed by atoms with Gasteiger partial charge in [0.2, 0.25) is 5.95 Å². The number of rotatable bonds is 5. The topological polar surface area (TPSA) is 76.1 Å². The second-order valence-corrected chi connectivity index (χ2v) is 5.66. The molecule has 0 aliphatic rings. The number of aromatic nitrogens is 2. The van der Waals surface area contributed by atoms with Gasteiger partial charge in [-0.2, -0.15) is 4.98 Å². The molecule has 27 heavy (non-hydrogen) atoms. The van der Waals surface area contributed by atoms with Crippen LogP contribution < -0.4 is 10.6 Å². The van der Waals surface area contributed by atoms with Gasteiger partial charge >= 0.3 is 5.97 Å². The van der Waals surface area contributed by atoms with Crippen LogP contribution in [0.25, 0.3) is 0 Å². The van der Waals surface area contributed by atoms with E-state index in [-0.39, 0.29) is 11.6 Å². The molecule has 0 bridgehead atoms. The number of carbonyl (C=O) groups is 1. The molecule has 3 rings (SSSR count). The molecule has 0 aliphatic heterocycles. The summed E-state index contributed by atoms with van der Waals surface area (Å²) in [5, 5.41) is 5.81. The quantitative estimate of drug-likeness (QED) is 0.651. The first-order chi connectivity index (χ1) is 12.9. The summed E-state index contributed by atoms with van der Waals surface area (Å²) in [5.74, 6) is -1.18. The molecule has 0 radical (unpaired) electrons. The molecule has 0 saturated carbocycles. The van der Waals surface area contributed by atoms with Crippen molar-refractivity contribution in [3.63, 3.8) is 0 Å². The van der Waals surface area contributed by atoms with Crippen molar-refractivity contribution in [2.75, 3.05) is 17.7 Å². The highest BCUT2D eigenvalue weighted by atomic mass is 19.1. The minimum Gasteiger partial charge on any atom is -0.465 e. The van der Waals surface area contributed by atoms with Gasteiger partial charge in [0.25, 0.3) is 0 Å². The molecule has 0 fully saturated rings. The summed E-state index contributed by atoms with van der Waals surface area (Å²) in [6, 6.07) is 11.5. The predicted octanol–water partition coefficient (Wildman–Crippen LogP) is 4.34. The third-order valence-corrected chi connectivity index (χ3v) is 3.61. The Balaban J connectivity index is 1.79. The Kier molecular flexibility index (Phi) is 5.25. The van der Waals surface area contributed by atoms with Crippen LogP contribution in [0.2, 0.25) is 0 Å². The first-order valence-electron chi connectivity index (χ1n) is 7.98. The lowest BCUT2D eigenvalue weighted by molar-refractivity contribution is 0.0601. The van der Waals surface area contributed by atoms with Gasteiger partial charge in [-0.25, -0.2) is 18.6 Å². The van der Waals surface area contributed by atoms with Crippen LogP contribution >= 0.6 is 0 Å². The van der Waals surface area contributed by atoms with Crippen LogP contribution in [-0.4, -0.2) is 23.0 Å². The summed E-state index contributed by atoms with van der Waals surface area (Å²) < 4.78 is 31.5. The van der Waals surface area contributed by atoms with Crippen molar-refractivity contribution in [1.82, 2.24) is 9.97 Å². The minimum absolute atomic E-state index is 0.0999. The Morgan fingerprint density at radius 2 is 1.74 bits per heavy atom. The van der Waals surface area contributed by atoms with Crippen molar-refractivity contribution in [3.8, 4) is 0 Å². The number of halogens is 2. The summed E-state index contributed by atoms with van der Waals surface area (Å²) >= 11 is 0. The van der Waals surface area contributed by atoms with Crippen LogP contribution in [0.5, 0.6) is 0 Å². The third kappa shape index (κ3) is 4.55. The molecule has 0 saturated heterocycles. The van der Waals surface area contributed by atoms with Gasteiger partial charge in [0.05, 0.1) is 18.4 Å². The van der Waals surface area contributed by atoms with Crippen LogP contribution in [0.3, 0.4) is 0 Å². The summed E-state index contributed by atoms with van der Waals surface area (Å²) in [7, 11) is 1.31. The average Bonchev–Trinajstić information content (AvgIpc) is 2.63. The van der Waals surface area contributed by atoms with Gasteiger partial charge in [-0.15, -0.1) is 0 Å². The minimum atomic E-state index is -0.723. The van der Waals surface area contributed by atoms with Gasteiger partial charge in [0.1, 0.15) is 17.5 Å². The van der Waals surface area contributed by atoms with E-state index in [4.69, 9.17) is 0 Å². The highest BCUT2D eigenvalue weighted by molar-refractivity contribution is 5.89. The largest absolute Gasteiger partial charge is 0.465 e. The molecule has 0 aliphatic carbocycles. The maximum Gasteiger partial charge on any atom is 0.337 e. The van der Waals surface area contributed by atoms with Crippen molar-refractivity contribution in [1.29, 1.82) is 0 Å². The van der Waals surface area contributed by atoms with E-state index in [1.807, 2.05) is 0 Å². The van der Waals surface area contributed by atoms with Crippen molar-refractivity contribution >= 4 is 29.1 Å². The van der Waals surface area contributed by atoms with Crippen molar-refractivity contribution in [3.05, 3.63) is 71.4 Å². The van der Waals surface area contributed by atoms with Crippen LogP contribution in [0.1, 0.15) is 16.1 Å². The lowest BCUT2D eigenvalue weighted by atomic mass is 10.2. The zero-order valence-corrected chi connectivity index (χ0v) is 14.6. The highest BCUT2D eigenvalue weighted by Crippen LogP contribution is 2.22. The number of carbonyl (C=O) groups excluding carboxylic acids is 1. The predicted molar refractivity (Wildman–Crippen MR) is 97.5 cm³/mol. The van der Waals surface area contributed by atoms with Crippen LogP contribution in [-0.2, 0) is 4.74 Å². The number of benzene rings is 2. The Hall–Kier alpha value is -3.55. The number of anilines is 4. The second-order valence-electron chi connectivity index (χ2n) is 5.66. The van der Waals surface area contributed by atoms with Gasteiger partial charge in [-0.05, 0) is 43.3 Å². The number of aryl methyl sites for hydroxylation is 1. The maximum atomic E-state index is 13.8. The van der Waals surface area contributed by atoms with Crippen LogP contribution in [0.4, 0.5) is 31.9 Å². The smallest absolute Gasteiger partial charge is 0.337 e. The zero-order valence-electron chi connectivity index (χ0n) is 14.6. The fourth-order valence-corrected chi connectivity index (χ4v) is 2.35. The normalized spacial score (nSPS) is 10.4. The molecule has 138 valence electrons. The van der Waals surface area contributed by atoms with Crippen molar-refractivity contribution in [2.45, 2.75) is 6.92 Å². The van der Waals surface area contributed by atoms with Crippen LogP contribution in [0.15, 0.2) is 48.5 Å². The Bertz CT molecular complexity index is 978. The lowest BCUT2D eigenvalue weighted by Crippen LogP contribution is -2.04. The molecule has 0 unspecified atom stereocenters. The number of hydrogen-bond donors (Lipinski definition) is 2. The molecular weight excluding hydrogens is 354 g/mol. The molecule has 6 nitrogen and oxygen atoms in total. The number of esters is 1. The van der Waals surface area contributed by atoms with Gasteiger partial charge < -0.3 is 15.4 Å². The van der Waals surface area contributed by atoms with Gasteiger partial charge in [-0.3, -0.25) is 0 Å². The zero-order chi connectivity index (χ0) is 19.4. The number of nitrogens with one attached hydrogen (secondary N) is 2. The summed E-state index contributed by atoms with van der Waals surface area (Å²) in [5.41, 5.74) is 1.82. The molecular formula is C19H16F2N4O2. The van der Waals surface area contributed by atoms with Gasteiger partial charge in [0.15, 0.2) is 0 Å². The maximum absolute atomic E-state index is 13.8. The van der Waals surface area contributed by atoms with E-state index in [0.29, 0.717) is 22.8 Å². The molecule has 2 N–H and O–H groups in total. The van der Waals surface area contributed by atoms with E-state index in [9.17, 15) is 13.6 Å². The van der Waals surface area contributed by atoms with E-state index in [2.05, 4.69) is 25.3 Å². The van der Waals surface area contributed by atoms with Crippen molar-refractivity contribution in [2.24, 2.45) is 0 Å². The Labute approximate surface area is 154 Å². The second kappa shape index (κ2) is 7.77. The Morgan fingerprint density at radius 1 is 1.00 bits per heavy atom. The molecule has 3 aromatic rings. The van der Waals surface area contributed by atoms with Crippen molar-refractivity contribution < 1.29 is 18.3 Å². The summed E-state index contributed by atoms with van der Waals surface area (Å²) in [6.07, 6.45) is 0. The third-order valence-electron chi connectivity index (χ3n) is 3.61. The highest BCUT2D eigenvalue weighted by Gasteiger charge is 2.09. The average molecular weight is 370 g/mol. The SMILES string of the molecule is COC(=O)c1ccc(Nc2nc(C)cc(Nc3ccc(F)cc3F)n2)cc1. The van der Waals surface area contributed by atoms with E-state index in [1.165, 1.54) is 13.2 Å². The molecule has 1 aromatic heterocycles. The standard InChI is InChI=1S/C19H16F2N4O2/c1-11-9-17(24-16-8-5-13(20)10-15(16)21)25-19(22-11)23-14-6-3-12(4-7-14)18(26)27-2/h3-10H,1-2H3,(H2,22,23,24,25). The van der Waals surface area contributed by atoms with Gasteiger partial charge in [-0.1, -0.05) is 0 Å².